The predicted molar refractivity (Wildman–Crippen MR) is 95.9 cm³/mol. The van der Waals surface area contributed by atoms with Crippen molar-refractivity contribution in [3.05, 3.63) is 95.1 Å². The van der Waals surface area contributed by atoms with Gasteiger partial charge < -0.3 is 10.5 Å². The topological polar surface area (TPSA) is 35.2 Å². The Bertz CT molecular complexity index is 795. The number of hydrogen-bond acceptors (Lipinski definition) is 2. The standard InChI is InChI=1S/C21H21NO/c1-23-21-10-4-8-19(15-21)13-17-6-2-5-16(11-17)12-18-7-3-9-20(22)14-18/h2-11,14-15H,12-13,22H2,1H3. The number of rotatable bonds is 5. The van der Waals surface area contributed by atoms with Crippen molar-refractivity contribution < 1.29 is 4.74 Å². The molecule has 3 rings (SSSR count). The van der Waals surface area contributed by atoms with Crippen LogP contribution in [-0.4, -0.2) is 7.11 Å². The maximum atomic E-state index is 5.86. The van der Waals surface area contributed by atoms with Gasteiger partial charge in [0, 0.05) is 5.69 Å². The van der Waals surface area contributed by atoms with E-state index in [4.69, 9.17) is 10.5 Å². The summed E-state index contributed by atoms with van der Waals surface area (Å²) in [4.78, 5) is 0. The van der Waals surface area contributed by atoms with Gasteiger partial charge in [0.25, 0.3) is 0 Å². The molecule has 0 saturated carbocycles. The Morgan fingerprint density at radius 2 is 1.22 bits per heavy atom. The molecule has 0 fully saturated rings. The fourth-order valence-electron chi connectivity index (χ4n) is 2.81. The van der Waals surface area contributed by atoms with E-state index in [1.807, 2.05) is 30.3 Å². The fourth-order valence-corrected chi connectivity index (χ4v) is 2.81. The highest BCUT2D eigenvalue weighted by molar-refractivity contribution is 5.43. The van der Waals surface area contributed by atoms with Crippen molar-refractivity contribution in [1.82, 2.24) is 0 Å². The highest BCUT2D eigenvalue weighted by Crippen LogP contribution is 2.18. The first-order valence-electron chi connectivity index (χ1n) is 7.78. The van der Waals surface area contributed by atoms with Crippen molar-refractivity contribution in [2.24, 2.45) is 0 Å². The Kier molecular flexibility index (Phi) is 4.62. The van der Waals surface area contributed by atoms with Crippen LogP contribution in [0.2, 0.25) is 0 Å². The van der Waals surface area contributed by atoms with Crippen molar-refractivity contribution in [3.63, 3.8) is 0 Å². The first-order valence-corrected chi connectivity index (χ1v) is 7.78. The van der Waals surface area contributed by atoms with Crippen molar-refractivity contribution in [1.29, 1.82) is 0 Å². The van der Waals surface area contributed by atoms with Crippen LogP contribution >= 0.6 is 0 Å². The summed E-state index contributed by atoms with van der Waals surface area (Å²) in [6.07, 6.45) is 1.80. The molecule has 2 nitrogen and oxygen atoms in total. The SMILES string of the molecule is COc1cccc(Cc2cccc(Cc3cccc(N)c3)c2)c1. The first-order chi connectivity index (χ1) is 11.2. The van der Waals surface area contributed by atoms with E-state index in [9.17, 15) is 0 Å². The van der Waals surface area contributed by atoms with Crippen LogP contribution in [0.3, 0.4) is 0 Å². The lowest BCUT2D eigenvalue weighted by Gasteiger charge is -2.08. The van der Waals surface area contributed by atoms with Gasteiger partial charge in [-0.15, -0.1) is 0 Å². The molecule has 0 aliphatic heterocycles. The van der Waals surface area contributed by atoms with E-state index in [1.165, 1.54) is 22.3 Å². The average Bonchev–Trinajstić information content (AvgIpc) is 2.55. The molecule has 0 aliphatic carbocycles. The molecule has 3 aromatic rings. The first kappa shape index (κ1) is 15.2. The number of hydrogen-bond donors (Lipinski definition) is 1. The van der Waals surface area contributed by atoms with Crippen LogP contribution in [0.1, 0.15) is 22.3 Å². The average molecular weight is 303 g/mol. The Balaban J connectivity index is 1.76. The number of nitrogens with two attached hydrogens (primary N) is 1. The molecule has 2 N–H and O–H groups in total. The predicted octanol–water partition coefficient (Wildman–Crippen LogP) is 4.46. The van der Waals surface area contributed by atoms with Gasteiger partial charge >= 0.3 is 0 Å². The maximum Gasteiger partial charge on any atom is 0.119 e. The smallest absolute Gasteiger partial charge is 0.119 e. The monoisotopic (exact) mass is 303 g/mol. The molecule has 0 aliphatic rings. The Morgan fingerprint density at radius 1 is 0.696 bits per heavy atom. The molecular formula is C21H21NO. The van der Waals surface area contributed by atoms with Crippen molar-refractivity contribution in [2.45, 2.75) is 12.8 Å². The van der Waals surface area contributed by atoms with Gasteiger partial charge in [0.15, 0.2) is 0 Å². The molecule has 0 unspecified atom stereocenters. The summed E-state index contributed by atoms with van der Waals surface area (Å²) in [6.45, 7) is 0. The molecule has 0 heterocycles. The molecule has 0 saturated heterocycles. The summed E-state index contributed by atoms with van der Waals surface area (Å²) in [5.74, 6) is 0.901. The van der Waals surface area contributed by atoms with Crippen molar-refractivity contribution in [2.75, 3.05) is 12.8 Å². The highest BCUT2D eigenvalue weighted by Gasteiger charge is 2.02. The summed E-state index contributed by atoms with van der Waals surface area (Å²) in [5, 5.41) is 0. The van der Waals surface area contributed by atoms with Crippen LogP contribution in [-0.2, 0) is 12.8 Å². The maximum absolute atomic E-state index is 5.86. The third-order valence-electron chi connectivity index (χ3n) is 3.89. The van der Waals surface area contributed by atoms with E-state index in [1.54, 1.807) is 7.11 Å². The van der Waals surface area contributed by atoms with Crippen LogP contribution in [0, 0.1) is 0 Å². The number of anilines is 1. The zero-order valence-corrected chi connectivity index (χ0v) is 13.3. The van der Waals surface area contributed by atoms with Crippen molar-refractivity contribution >= 4 is 5.69 Å². The zero-order valence-electron chi connectivity index (χ0n) is 13.3. The van der Waals surface area contributed by atoms with Gasteiger partial charge in [-0.25, -0.2) is 0 Å². The van der Waals surface area contributed by atoms with Crippen LogP contribution < -0.4 is 10.5 Å². The molecule has 0 atom stereocenters. The molecule has 3 aromatic carbocycles. The van der Waals surface area contributed by atoms with Crippen molar-refractivity contribution in [3.8, 4) is 5.75 Å². The van der Waals surface area contributed by atoms with Gasteiger partial charge in [-0.2, -0.15) is 0 Å². The Morgan fingerprint density at radius 3 is 1.83 bits per heavy atom. The van der Waals surface area contributed by atoms with E-state index in [0.717, 1.165) is 24.3 Å². The number of ether oxygens (including phenoxy) is 1. The Hall–Kier alpha value is -2.74. The summed E-state index contributed by atoms with van der Waals surface area (Å²) in [5.41, 5.74) is 11.8. The van der Waals surface area contributed by atoms with Crippen LogP contribution in [0.15, 0.2) is 72.8 Å². The highest BCUT2D eigenvalue weighted by atomic mass is 16.5. The molecule has 2 heteroatoms. The summed E-state index contributed by atoms with van der Waals surface area (Å²) < 4.78 is 5.29. The lowest BCUT2D eigenvalue weighted by Crippen LogP contribution is -1.94. The van der Waals surface area contributed by atoms with Gasteiger partial charge in [0.2, 0.25) is 0 Å². The third kappa shape index (κ3) is 4.13. The van der Waals surface area contributed by atoms with Crippen LogP contribution in [0.25, 0.3) is 0 Å². The minimum atomic E-state index is 0.815. The second-order valence-electron chi connectivity index (χ2n) is 5.77. The molecule has 0 spiro atoms. The van der Waals surface area contributed by atoms with E-state index >= 15 is 0 Å². The lowest BCUT2D eigenvalue weighted by molar-refractivity contribution is 0.414. The number of nitrogen functional groups attached to an aromatic ring is 1. The number of benzene rings is 3. The van der Waals surface area contributed by atoms with E-state index < -0.39 is 0 Å². The minimum absolute atomic E-state index is 0.815. The van der Waals surface area contributed by atoms with Gasteiger partial charge in [-0.1, -0.05) is 48.5 Å². The molecular weight excluding hydrogens is 282 g/mol. The molecule has 0 bridgehead atoms. The second-order valence-corrected chi connectivity index (χ2v) is 5.77. The molecule has 0 aromatic heterocycles. The van der Waals surface area contributed by atoms with Crippen LogP contribution in [0.4, 0.5) is 5.69 Å². The molecule has 116 valence electrons. The summed E-state index contributed by atoms with van der Waals surface area (Å²) >= 11 is 0. The normalized spacial score (nSPS) is 10.5. The van der Waals surface area contributed by atoms with E-state index in [2.05, 4.69) is 42.5 Å². The van der Waals surface area contributed by atoms with E-state index in [0.29, 0.717) is 0 Å². The molecule has 23 heavy (non-hydrogen) atoms. The molecule has 0 amide bonds. The Labute approximate surface area is 137 Å². The van der Waals surface area contributed by atoms with Gasteiger partial charge in [-0.05, 0) is 59.4 Å². The molecule has 0 radical (unpaired) electrons. The third-order valence-corrected chi connectivity index (χ3v) is 3.89. The van der Waals surface area contributed by atoms with Gasteiger partial charge in [-0.3, -0.25) is 0 Å². The second kappa shape index (κ2) is 7.01. The summed E-state index contributed by atoms with van der Waals surface area (Å²) in [6, 6.07) is 25.0. The number of methoxy groups -OCH3 is 1. The quantitative estimate of drug-likeness (QED) is 0.706. The fraction of sp³-hybridized carbons (Fsp3) is 0.143. The summed E-state index contributed by atoms with van der Waals surface area (Å²) in [7, 11) is 1.70. The van der Waals surface area contributed by atoms with E-state index in [-0.39, 0.29) is 0 Å². The minimum Gasteiger partial charge on any atom is -0.497 e. The zero-order chi connectivity index (χ0) is 16.1. The van der Waals surface area contributed by atoms with Gasteiger partial charge in [0.05, 0.1) is 7.11 Å². The lowest BCUT2D eigenvalue weighted by atomic mass is 9.99. The van der Waals surface area contributed by atoms with Gasteiger partial charge in [0.1, 0.15) is 5.75 Å². The largest absolute Gasteiger partial charge is 0.497 e. The van der Waals surface area contributed by atoms with Crippen LogP contribution in [0.5, 0.6) is 5.75 Å².